The smallest absolute Gasteiger partial charge is 0.326 e. The summed E-state index contributed by atoms with van der Waals surface area (Å²) in [5, 5.41) is 16.1. The van der Waals surface area contributed by atoms with Crippen LogP contribution in [0.3, 0.4) is 0 Å². The third kappa shape index (κ3) is 3.94. The van der Waals surface area contributed by atoms with Crippen LogP contribution in [0.5, 0.6) is 5.75 Å². The molecule has 2 fully saturated rings. The third-order valence-electron chi connectivity index (χ3n) is 5.43. The van der Waals surface area contributed by atoms with Gasteiger partial charge >= 0.3 is 6.03 Å². The van der Waals surface area contributed by atoms with Gasteiger partial charge in [-0.25, -0.2) is 9.78 Å². The molecule has 164 valence electrons. The number of methoxy groups -OCH3 is 1. The first-order valence-corrected chi connectivity index (χ1v) is 10.4. The van der Waals surface area contributed by atoms with Gasteiger partial charge in [0.15, 0.2) is 5.65 Å². The van der Waals surface area contributed by atoms with Crippen LogP contribution in [0.2, 0.25) is 0 Å². The highest BCUT2D eigenvalue weighted by Crippen LogP contribution is 2.29. The average Bonchev–Trinajstić information content (AvgIpc) is 3.42. The van der Waals surface area contributed by atoms with Crippen molar-refractivity contribution < 1.29 is 14.3 Å². The lowest BCUT2D eigenvalue weighted by molar-refractivity contribution is -0.115. The Kier molecular flexibility index (Phi) is 4.89. The predicted molar refractivity (Wildman–Crippen MR) is 119 cm³/mol. The zero-order valence-electron chi connectivity index (χ0n) is 17.7. The first kappa shape index (κ1) is 19.9. The normalized spacial score (nSPS) is 17.9. The van der Waals surface area contributed by atoms with Crippen LogP contribution in [0.4, 0.5) is 16.4 Å². The number of ether oxygens (including phenoxy) is 1. The Hall–Kier alpha value is -4.08. The minimum atomic E-state index is -0.544. The fourth-order valence-electron chi connectivity index (χ4n) is 3.53. The minimum Gasteiger partial charge on any atom is -0.497 e. The number of carbonyl (C=O) groups is 2. The van der Waals surface area contributed by atoms with Crippen LogP contribution in [-0.2, 0) is 4.79 Å². The standard InChI is InChI=1S/C22H23N7O3/c1-12(13-3-7-16(32-2)8-4-13)24-18-10-19(25-15-5-6-15)29-20(27-18)14(11-23-29)9-17-21(30)28-22(31)26-17/h3-4,7-12,15,25H,5-6H2,1-2H3,(H,24,27)(H2,26,28,30,31)/b17-9-/t12-/m0/s1. The lowest BCUT2D eigenvalue weighted by Crippen LogP contribution is -2.22. The molecule has 1 saturated heterocycles. The summed E-state index contributed by atoms with van der Waals surface area (Å²) >= 11 is 0. The van der Waals surface area contributed by atoms with Crippen LogP contribution >= 0.6 is 0 Å². The number of hydrogen-bond donors (Lipinski definition) is 4. The van der Waals surface area contributed by atoms with Gasteiger partial charge in [0, 0.05) is 23.7 Å². The number of carbonyl (C=O) groups excluding carboxylic acids is 2. The zero-order chi connectivity index (χ0) is 22.2. The number of nitrogens with one attached hydrogen (secondary N) is 4. The molecule has 32 heavy (non-hydrogen) atoms. The summed E-state index contributed by atoms with van der Waals surface area (Å²) in [6, 6.07) is 9.66. The summed E-state index contributed by atoms with van der Waals surface area (Å²) in [6.45, 7) is 2.05. The molecule has 1 aliphatic carbocycles. The van der Waals surface area contributed by atoms with Gasteiger partial charge in [0.05, 0.1) is 13.3 Å². The Labute approximate surface area is 184 Å². The second-order valence-corrected chi connectivity index (χ2v) is 7.89. The zero-order valence-corrected chi connectivity index (χ0v) is 17.7. The van der Waals surface area contributed by atoms with E-state index in [2.05, 4.69) is 33.3 Å². The van der Waals surface area contributed by atoms with Crippen molar-refractivity contribution in [1.29, 1.82) is 0 Å². The molecule has 4 N–H and O–H groups in total. The van der Waals surface area contributed by atoms with Gasteiger partial charge in [-0.15, -0.1) is 0 Å². The molecule has 10 heteroatoms. The Bertz CT molecular complexity index is 1230. The van der Waals surface area contributed by atoms with E-state index < -0.39 is 11.9 Å². The summed E-state index contributed by atoms with van der Waals surface area (Å²) in [5.74, 6) is 1.81. The maximum absolute atomic E-state index is 11.9. The second-order valence-electron chi connectivity index (χ2n) is 7.89. The Morgan fingerprint density at radius 1 is 1.22 bits per heavy atom. The number of anilines is 2. The number of urea groups is 1. The topological polar surface area (TPSA) is 122 Å². The van der Waals surface area contributed by atoms with Crippen LogP contribution in [-0.4, -0.2) is 39.7 Å². The van der Waals surface area contributed by atoms with E-state index in [0.717, 1.165) is 30.0 Å². The molecule has 3 heterocycles. The third-order valence-corrected chi connectivity index (χ3v) is 5.43. The van der Waals surface area contributed by atoms with Crippen molar-refractivity contribution in [2.24, 2.45) is 0 Å². The van der Waals surface area contributed by atoms with Gasteiger partial charge in [0.25, 0.3) is 5.91 Å². The van der Waals surface area contributed by atoms with E-state index >= 15 is 0 Å². The van der Waals surface area contributed by atoms with E-state index in [9.17, 15) is 9.59 Å². The van der Waals surface area contributed by atoms with Crippen molar-refractivity contribution in [3.63, 3.8) is 0 Å². The van der Waals surface area contributed by atoms with Gasteiger partial charge < -0.3 is 20.7 Å². The maximum atomic E-state index is 11.9. The van der Waals surface area contributed by atoms with E-state index in [1.807, 2.05) is 30.3 Å². The fraction of sp³-hybridized carbons (Fsp3) is 0.273. The predicted octanol–water partition coefficient (Wildman–Crippen LogP) is 2.67. The number of aromatic nitrogens is 3. The number of amides is 3. The molecule has 3 aromatic rings. The summed E-state index contributed by atoms with van der Waals surface area (Å²) in [5.41, 5.74) is 2.44. The van der Waals surface area contributed by atoms with Gasteiger partial charge in [-0.05, 0) is 43.5 Å². The Morgan fingerprint density at radius 3 is 2.66 bits per heavy atom. The van der Waals surface area contributed by atoms with E-state index in [1.54, 1.807) is 23.9 Å². The molecule has 5 rings (SSSR count). The van der Waals surface area contributed by atoms with Crippen molar-refractivity contribution in [2.45, 2.75) is 31.8 Å². The molecule has 0 radical (unpaired) electrons. The molecule has 1 aromatic carbocycles. The van der Waals surface area contributed by atoms with E-state index in [1.165, 1.54) is 0 Å². The highest BCUT2D eigenvalue weighted by molar-refractivity contribution is 6.14. The number of imide groups is 1. The first-order chi connectivity index (χ1) is 15.5. The van der Waals surface area contributed by atoms with E-state index in [0.29, 0.717) is 23.1 Å². The van der Waals surface area contributed by atoms with Gasteiger partial charge in [-0.3, -0.25) is 10.1 Å². The number of rotatable bonds is 7. The molecule has 3 amide bonds. The van der Waals surface area contributed by atoms with Crippen molar-refractivity contribution >= 4 is 35.3 Å². The highest BCUT2D eigenvalue weighted by Gasteiger charge is 2.25. The molecule has 0 spiro atoms. The lowest BCUT2D eigenvalue weighted by Gasteiger charge is -2.17. The SMILES string of the molecule is COc1ccc([C@H](C)Nc2cc(NC3CC3)n3ncc(/C=C4\NC(=O)NC4=O)c3n2)cc1. The van der Waals surface area contributed by atoms with Crippen molar-refractivity contribution in [3.05, 3.63) is 53.4 Å². The van der Waals surface area contributed by atoms with E-state index in [4.69, 9.17) is 9.72 Å². The van der Waals surface area contributed by atoms with Crippen LogP contribution < -0.4 is 26.0 Å². The van der Waals surface area contributed by atoms with Crippen LogP contribution in [0, 0.1) is 0 Å². The number of fused-ring (bicyclic) bond motifs is 1. The molecule has 0 bridgehead atoms. The molecule has 1 saturated carbocycles. The molecule has 0 unspecified atom stereocenters. The number of benzene rings is 1. The second kappa shape index (κ2) is 7.88. The monoisotopic (exact) mass is 433 g/mol. The lowest BCUT2D eigenvalue weighted by atomic mass is 10.1. The molecule has 2 aromatic heterocycles. The number of nitrogens with zero attached hydrogens (tertiary/aromatic N) is 3. The van der Waals surface area contributed by atoms with E-state index in [-0.39, 0.29) is 11.7 Å². The highest BCUT2D eigenvalue weighted by atomic mass is 16.5. The van der Waals surface area contributed by atoms with Crippen LogP contribution in [0.1, 0.15) is 36.9 Å². The quantitative estimate of drug-likeness (QED) is 0.334. The molecular formula is C22H23N7O3. The summed E-state index contributed by atoms with van der Waals surface area (Å²) in [7, 11) is 1.64. The van der Waals surface area contributed by atoms with Gasteiger partial charge in [0.1, 0.15) is 23.1 Å². The summed E-state index contributed by atoms with van der Waals surface area (Å²) in [4.78, 5) is 28.1. The molecule has 1 atom stereocenters. The molecule has 2 aliphatic rings. The van der Waals surface area contributed by atoms with Gasteiger partial charge in [0.2, 0.25) is 0 Å². The Balaban J connectivity index is 1.49. The van der Waals surface area contributed by atoms with Crippen molar-refractivity contribution in [3.8, 4) is 5.75 Å². The fourth-order valence-corrected chi connectivity index (χ4v) is 3.53. The molecule has 1 aliphatic heterocycles. The van der Waals surface area contributed by atoms with Crippen LogP contribution in [0.15, 0.2) is 42.2 Å². The molecule has 10 nitrogen and oxygen atoms in total. The summed E-state index contributed by atoms with van der Waals surface area (Å²) < 4.78 is 6.95. The van der Waals surface area contributed by atoms with Gasteiger partial charge in [-0.1, -0.05) is 12.1 Å². The first-order valence-electron chi connectivity index (χ1n) is 10.4. The van der Waals surface area contributed by atoms with Crippen LogP contribution in [0.25, 0.3) is 11.7 Å². The number of hydrogen-bond acceptors (Lipinski definition) is 7. The summed E-state index contributed by atoms with van der Waals surface area (Å²) in [6.07, 6.45) is 5.42. The minimum absolute atomic E-state index is 0.00532. The maximum Gasteiger partial charge on any atom is 0.326 e. The molecular weight excluding hydrogens is 410 g/mol. The largest absolute Gasteiger partial charge is 0.497 e. The average molecular weight is 433 g/mol. The van der Waals surface area contributed by atoms with Crippen molar-refractivity contribution in [2.75, 3.05) is 17.7 Å². The van der Waals surface area contributed by atoms with Gasteiger partial charge in [-0.2, -0.15) is 9.61 Å². The Morgan fingerprint density at radius 2 is 2.00 bits per heavy atom. The van der Waals surface area contributed by atoms with Crippen molar-refractivity contribution in [1.82, 2.24) is 25.2 Å².